The Hall–Kier alpha value is -2.66. The van der Waals surface area contributed by atoms with Crippen molar-refractivity contribution in [3.63, 3.8) is 0 Å². The molecular weight excluding hydrogens is 304 g/mol. The number of carbonyl (C=O) groups excluding carboxylic acids is 1. The van der Waals surface area contributed by atoms with Crippen LogP contribution in [-0.2, 0) is 9.63 Å². The maximum absolute atomic E-state index is 13.2. The Morgan fingerprint density at radius 1 is 1.08 bits per heavy atom. The highest BCUT2D eigenvalue weighted by molar-refractivity contribution is 6.04. The molecule has 0 aromatic heterocycles. The van der Waals surface area contributed by atoms with Gasteiger partial charge in [0.1, 0.15) is 5.54 Å². The minimum Gasteiger partial charge on any atom is -0.622 e. The van der Waals surface area contributed by atoms with Crippen molar-refractivity contribution in [2.75, 3.05) is 0 Å². The molecular formula is C19H20N2O3. The Bertz CT molecular complexity index is 770. The van der Waals surface area contributed by atoms with Gasteiger partial charge in [0.05, 0.1) is 0 Å². The second-order valence-electron chi connectivity index (χ2n) is 6.29. The predicted octanol–water partition coefficient (Wildman–Crippen LogP) is 3.26. The topological polar surface area (TPSA) is 55.6 Å². The third-order valence-electron chi connectivity index (χ3n) is 4.17. The average Bonchev–Trinajstić information content (AvgIpc) is 2.74. The summed E-state index contributed by atoms with van der Waals surface area (Å²) in [6, 6.07) is 18.8. The fourth-order valence-electron chi connectivity index (χ4n) is 3.17. The van der Waals surface area contributed by atoms with Crippen LogP contribution in [0, 0.1) is 5.21 Å². The molecule has 0 unspecified atom stereocenters. The normalized spacial score (nSPS) is 20.2. The highest BCUT2D eigenvalue weighted by Gasteiger charge is 2.55. The molecule has 24 heavy (non-hydrogen) atoms. The van der Waals surface area contributed by atoms with E-state index < -0.39 is 17.7 Å². The third kappa shape index (κ3) is 2.67. The van der Waals surface area contributed by atoms with E-state index in [1.807, 2.05) is 74.5 Å². The molecule has 0 saturated heterocycles. The van der Waals surface area contributed by atoms with E-state index in [0.29, 0.717) is 5.71 Å². The van der Waals surface area contributed by atoms with Gasteiger partial charge in [-0.3, -0.25) is 4.79 Å². The van der Waals surface area contributed by atoms with Crippen molar-refractivity contribution in [1.29, 1.82) is 0 Å². The van der Waals surface area contributed by atoms with E-state index in [9.17, 15) is 10.0 Å². The second kappa shape index (κ2) is 6.09. The largest absolute Gasteiger partial charge is 0.622 e. The first kappa shape index (κ1) is 16.2. The molecule has 0 radical (unpaired) electrons. The van der Waals surface area contributed by atoms with E-state index in [-0.39, 0.29) is 0 Å². The number of nitrogens with zero attached hydrogens (tertiary/aromatic N) is 2. The lowest BCUT2D eigenvalue weighted by Crippen LogP contribution is -2.47. The van der Waals surface area contributed by atoms with E-state index in [1.54, 1.807) is 0 Å². The summed E-state index contributed by atoms with van der Waals surface area (Å²) >= 11 is 0. The molecule has 124 valence electrons. The van der Waals surface area contributed by atoms with Gasteiger partial charge in [0.15, 0.2) is 0 Å². The van der Waals surface area contributed by atoms with Crippen LogP contribution in [0.3, 0.4) is 0 Å². The third-order valence-corrected chi connectivity index (χ3v) is 4.17. The van der Waals surface area contributed by atoms with Crippen LogP contribution in [0.15, 0.2) is 60.7 Å². The van der Waals surface area contributed by atoms with Crippen molar-refractivity contribution < 1.29 is 14.4 Å². The van der Waals surface area contributed by atoms with Gasteiger partial charge in [-0.1, -0.05) is 53.6 Å². The molecule has 1 atom stereocenters. The molecule has 1 aliphatic heterocycles. The summed E-state index contributed by atoms with van der Waals surface area (Å²) in [5, 5.41) is 14.6. The Morgan fingerprint density at radius 3 is 2.17 bits per heavy atom. The van der Waals surface area contributed by atoms with Gasteiger partial charge >= 0.3 is 5.97 Å². The maximum atomic E-state index is 13.2. The van der Waals surface area contributed by atoms with E-state index >= 15 is 0 Å². The van der Waals surface area contributed by atoms with Crippen molar-refractivity contribution in [1.82, 2.24) is 5.06 Å². The lowest BCUT2D eigenvalue weighted by atomic mass is 9.93. The number of carbonyl (C=O) groups is 1. The first-order chi connectivity index (χ1) is 11.4. The second-order valence-corrected chi connectivity index (χ2v) is 6.29. The molecule has 1 heterocycles. The van der Waals surface area contributed by atoms with Crippen LogP contribution in [-0.4, -0.2) is 27.0 Å². The molecule has 0 bridgehead atoms. The monoisotopic (exact) mass is 324 g/mol. The molecule has 0 amide bonds. The SMILES string of the molecule is CC(=O)ON1[C@@H](c2ccccc2)[N+]([O-])=C(c2ccccc2)C1(C)C. The summed E-state index contributed by atoms with van der Waals surface area (Å²) in [6.45, 7) is 5.10. The van der Waals surface area contributed by atoms with Crippen molar-refractivity contribution in [3.8, 4) is 0 Å². The lowest BCUT2D eigenvalue weighted by Gasteiger charge is -2.29. The Morgan fingerprint density at radius 2 is 1.62 bits per heavy atom. The number of rotatable bonds is 3. The molecule has 5 heteroatoms. The van der Waals surface area contributed by atoms with Crippen molar-refractivity contribution >= 4 is 11.7 Å². The summed E-state index contributed by atoms with van der Waals surface area (Å²) in [4.78, 5) is 17.1. The lowest BCUT2D eigenvalue weighted by molar-refractivity contribution is -0.543. The van der Waals surface area contributed by atoms with Gasteiger partial charge in [0, 0.05) is 18.1 Å². The van der Waals surface area contributed by atoms with Crippen LogP contribution in [0.4, 0.5) is 0 Å². The summed E-state index contributed by atoms with van der Waals surface area (Å²) in [7, 11) is 0. The number of hydrogen-bond donors (Lipinski definition) is 0. The highest BCUT2D eigenvalue weighted by Crippen LogP contribution is 2.38. The van der Waals surface area contributed by atoms with E-state index in [2.05, 4.69) is 0 Å². The van der Waals surface area contributed by atoms with Crippen molar-refractivity contribution in [3.05, 3.63) is 77.0 Å². The quantitative estimate of drug-likeness (QED) is 0.642. The van der Waals surface area contributed by atoms with Gasteiger partial charge in [0.2, 0.25) is 5.71 Å². The van der Waals surface area contributed by atoms with Crippen molar-refractivity contribution in [2.45, 2.75) is 32.5 Å². The first-order valence-corrected chi connectivity index (χ1v) is 7.85. The first-order valence-electron chi connectivity index (χ1n) is 7.85. The Kier molecular flexibility index (Phi) is 4.11. The molecule has 0 N–H and O–H groups in total. The van der Waals surface area contributed by atoms with Crippen LogP contribution in [0.1, 0.15) is 38.1 Å². The molecule has 2 aromatic rings. The molecule has 2 aromatic carbocycles. The summed E-state index contributed by atoms with van der Waals surface area (Å²) in [5.41, 5.74) is 1.38. The minimum absolute atomic E-state index is 0.452. The van der Waals surface area contributed by atoms with Crippen LogP contribution in [0.2, 0.25) is 0 Å². The molecule has 1 aliphatic rings. The summed E-state index contributed by atoms with van der Waals surface area (Å²) in [6.07, 6.45) is -0.722. The smallest absolute Gasteiger partial charge is 0.322 e. The van der Waals surface area contributed by atoms with Crippen LogP contribution < -0.4 is 0 Å². The van der Waals surface area contributed by atoms with Gasteiger partial charge in [-0.15, -0.1) is 0 Å². The number of hydroxylamine groups is 3. The molecule has 0 spiro atoms. The van der Waals surface area contributed by atoms with Gasteiger partial charge in [-0.05, 0) is 26.0 Å². The molecule has 0 fully saturated rings. The van der Waals surface area contributed by atoms with Crippen molar-refractivity contribution in [2.24, 2.45) is 0 Å². The number of benzene rings is 2. The zero-order valence-electron chi connectivity index (χ0n) is 14.0. The van der Waals surface area contributed by atoms with Crippen LogP contribution >= 0.6 is 0 Å². The minimum atomic E-state index is -0.769. The molecule has 0 saturated carbocycles. The van der Waals surface area contributed by atoms with E-state index in [4.69, 9.17) is 4.84 Å². The van der Waals surface area contributed by atoms with E-state index in [1.165, 1.54) is 12.0 Å². The maximum Gasteiger partial charge on any atom is 0.322 e. The Labute approximate surface area is 141 Å². The predicted molar refractivity (Wildman–Crippen MR) is 91.0 cm³/mol. The Balaban J connectivity index is 2.17. The zero-order valence-corrected chi connectivity index (χ0v) is 14.0. The summed E-state index contributed by atoms with van der Waals surface area (Å²) < 4.78 is 0.938. The summed E-state index contributed by atoms with van der Waals surface area (Å²) in [5.74, 6) is -0.452. The zero-order chi connectivity index (χ0) is 17.3. The van der Waals surface area contributed by atoms with E-state index in [0.717, 1.165) is 15.9 Å². The molecule has 3 rings (SSSR count). The number of hydrogen-bond acceptors (Lipinski definition) is 4. The standard InChI is InChI=1S/C19H20N2O3/c1-14(22)24-21-18(16-12-8-5-9-13-16)20(23)17(19(21,2)3)15-10-6-4-7-11-15/h4-13,18H,1-3H3/t18-/m0/s1. The van der Waals surface area contributed by atoms with Crippen LogP contribution in [0.5, 0.6) is 0 Å². The molecule has 0 aliphatic carbocycles. The van der Waals surface area contributed by atoms with Crippen LogP contribution in [0.25, 0.3) is 0 Å². The van der Waals surface area contributed by atoms with Gasteiger partial charge in [-0.2, -0.15) is 4.74 Å². The fraction of sp³-hybridized carbons (Fsp3) is 0.263. The van der Waals surface area contributed by atoms with Gasteiger partial charge in [-0.25, -0.2) is 0 Å². The molecule has 5 nitrogen and oxygen atoms in total. The average molecular weight is 324 g/mol. The fourth-order valence-corrected chi connectivity index (χ4v) is 3.17. The van der Waals surface area contributed by atoms with Gasteiger partial charge < -0.3 is 10.0 Å². The van der Waals surface area contributed by atoms with Gasteiger partial charge in [0.25, 0.3) is 6.17 Å². The highest BCUT2D eigenvalue weighted by atomic mass is 16.7.